The van der Waals surface area contributed by atoms with E-state index in [9.17, 15) is 4.79 Å². The van der Waals surface area contributed by atoms with Crippen LogP contribution in [0.2, 0.25) is 5.02 Å². The summed E-state index contributed by atoms with van der Waals surface area (Å²) in [6.07, 6.45) is 2.47. The average molecular weight is 319 g/mol. The second-order valence-electron chi connectivity index (χ2n) is 4.01. The van der Waals surface area contributed by atoms with Crippen LogP contribution in [0.3, 0.4) is 0 Å². The van der Waals surface area contributed by atoms with Crippen LogP contribution in [0, 0.1) is 0 Å². The van der Waals surface area contributed by atoms with Crippen molar-refractivity contribution in [3.63, 3.8) is 0 Å². The molecule has 0 aromatic heterocycles. The lowest BCUT2D eigenvalue weighted by Crippen LogP contribution is -2.19. The molecular formula is C12H13BrClNO2. The van der Waals surface area contributed by atoms with Gasteiger partial charge in [-0.15, -0.1) is 0 Å². The van der Waals surface area contributed by atoms with Gasteiger partial charge in [-0.05, 0) is 47.0 Å². The molecule has 1 saturated heterocycles. The van der Waals surface area contributed by atoms with E-state index in [-0.39, 0.29) is 12.0 Å². The van der Waals surface area contributed by atoms with Crippen molar-refractivity contribution >= 4 is 39.1 Å². The highest BCUT2D eigenvalue weighted by molar-refractivity contribution is 9.10. The predicted molar refractivity (Wildman–Crippen MR) is 71.4 cm³/mol. The Labute approximate surface area is 114 Å². The normalized spacial score (nSPS) is 19.3. The van der Waals surface area contributed by atoms with Gasteiger partial charge < -0.3 is 10.1 Å². The van der Waals surface area contributed by atoms with Crippen molar-refractivity contribution in [2.24, 2.45) is 0 Å². The first kappa shape index (κ1) is 12.9. The topological polar surface area (TPSA) is 38.3 Å². The summed E-state index contributed by atoms with van der Waals surface area (Å²) in [5, 5.41) is 3.43. The zero-order valence-electron chi connectivity index (χ0n) is 9.21. The maximum atomic E-state index is 11.8. The molecule has 2 rings (SSSR count). The zero-order chi connectivity index (χ0) is 12.3. The highest BCUT2D eigenvalue weighted by atomic mass is 79.9. The molecule has 1 N–H and O–H groups in total. The van der Waals surface area contributed by atoms with Crippen molar-refractivity contribution in [1.82, 2.24) is 0 Å². The molecule has 0 spiro atoms. The summed E-state index contributed by atoms with van der Waals surface area (Å²) in [6, 6.07) is 5.30. The molecule has 1 aliphatic heterocycles. The predicted octanol–water partition coefficient (Wildman–Crippen LogP) is 3.61. The third kappa shape index (κ3) is 3.69. The molecule has 92 valence electrons. The van der Waals surface area contributed by atoms with E-state index in [0.717, 1.165) is 23.9 Å². The first-order chi connectivity index (χ1) is 8.15. The quantitative estimate of drug-likeness (QED) is 0.924. The van der Waals surface area contributed by atoms with Gasteiger partial charge in [0.15, 0.2) is 0 Å². The minimum absolute atomic E-state index is 0.0418. The SMILES string of the molecule is O=C(CC1CCCO1)Nc1cc(Cl)ccc1Br. The van der Waals surface area contributed by atoms with E-state index in [4.69, 9.17) is 16.3 Å². The molecule has 1 unspecified atom stereocenters. The van der Waals surface area contributed by atoms with Crippen LogP contribution in [-0.2, 0) is 9.53 Å². The molecule has 1 atom stereocenters. The summed E-state index contributed by atoms with van der Waals surface area (Å²) in [7, 11) is 0. The van der Waals surface area contributed by atoms with E-state index in [1.807, 2.05) is 6.07 Å². The van der Waals surface area contributed by atoms with Crippen LogP contribution in [0.5, 0.6) is 0 Å². The molecule has 1 aliphatic rings. The number of amides is 1. The Morgan fingerprint density at radius 2 is 2.41 bits per heavy atom. The fourth-order valence-electron chi connectivity index (χ4n) is 1.81. The average Bonchev–Trinajstić information content (AvgIpc) is 2.76. The lowest BCUT2D eigenvalue weighted by Gasteiger charge is -2.11. The Morgan fingerprint density at radius 1 is 1.59 bits per heavy atom. The van der Waals surface area contributed by atoms with Crippen LogP contribution in [0.1, 0.15) is 19.3 Å². The van der Waals surface area contributed by atoms with E-state index < -0.39 is 0 Å². The zero-order valence-corrected chi connectivity index (χ0v) is 11.6. The number of ether oxygens (including phenoxy) is 1. The molecule has 1 aromatic rings. The van der Waals surface area contributed by atoms with Crippen molar-refractivity contribution in [3.05, 3.63) is 27.7 Å². The Kier molecular flexibility index (Phi) is 4.42. The largest absolute Gasteiger partial charge is 0.378 e. The fraction of sp³-hybridized carbons (Fsp3) is 0.417. The standard InChI is InChI=1S/C12H13BrClNO2/c13-10-4-3-8(14)6-11(10)15-12(16)7-9-2-1-5-17-9/h3-4,6,9H,1-2,5,7H2,(H,15,16). The molecule has 17 heavy (non-hydrogen) atoms. The van der Waals surface area contributed by atoms with Gasteiger partial charge in [0.05, 0.1) is 18.2 Å². The van der Waals surface area contributed by atoms with Crippen molar-refractivity contribution < 1.29 is 9.53 Å². The first-order valence-electron chi connectivity index (χ1n) is 5.51. The number of halogens is 2. The Hall–Kier alpha value is -0.580. The second-order valence-corrected chi connectivity index (χ2v) is 5.30. The third-order valence-electron chi connectivity index (χ3n) is 2.64. The van der Waals surface area contributed by atoms with Gasteiger partial charge in [-0.2, -0.15) is 0 Å². The number of carbonyl (C=O) groups is 1. The number of benzene rings is 1. The molecule has 1 aromatic carbocycles. The molecular weight excluding hydrogens is 305 g/mol. The smallest absolute Gasteiger partial charge is 0.227 e. The van der Waals surface area contributed by atoms with E-state index in [1.54, 1.807) is 12.1 Å². The molecule has 0 bridgehead atoms. The molecule has 0 radical (unpaired) electrons. The lowest BCUT2D eigenvalue weighted by atomic mass is 10.2. The molecule has 0 saturated carbocycles. The summed E-state index contributed by atoms with van der Waals surface area (Å²) in [6.45, 7) is 0.763. The van der Waals surface area contributed by atoms with Crippen LogP contribution < -0.4 is 5.32 Å². The van der Waals surface area contributed by atoms with Gasteiger partial charge in [0.2, 0.25) is 5.91 Å². The van der Waals surface area contributed by atoms with E-state index in [1.165, 1.54) is 0 Å². The molecule has 0 aliphatic carbocycles. The fourth-order valence-corrected chi connectivity index (χ4v) is 2.32. The van der Waals surface area contributed by atoms with Gasteiger partial charge in [0, 0.05) is 16.1 Å². The molecule has 1 fully saturated rings. The van der Waals surface area contributed by atoms with E-state index >= 15 is 0 Å². The number of hydrogen-bond acceptors (Lipinski definition) is 2. The minimum Gasteiger partial charge on any atom is -0.378 e. The van der Waals surface area contributed by atoms with Crippen LogP contribution in [0.25, 0.3) is 0 Å². The number of hydrogen-bond donors (Lipinski definition) is 1. The molecule has 5 heteroatoms. The van der Waals surface area contributed by atoms with Gasteiger partial charge >= 0.3 is 0 Å². The van der Waals surface area contributed by atoms with Gasteiger partial charge in [-0.3, -0.25) is 4.79 Å². The monoisotopic (exact) mass is 317 g/mol. The van der Waals surface area contributed by atoms with E-state index in [0.29, 0.717) is 17.1 Å². The van der Waals surface area contributed by atoms with Gasteiger partial charge in [0.25, 0.3) is 0 Å². The van der Waals surface area contributed by atoms with Gasteiger partial charge in [-0.1, -0.05) is 11.6 Å². The summed E-state index contributed by atoms with van der Waals surface area (Å²) in [5.41, 5.74) is 0.695. The first-order valence-corrected chi connectivity index (χ1v) is 6.69. The molecule has 1 heterocycles. The van der Waals surface area contributed by atoms with Crippen molar-refractivity contribution in [2.45, 2.75) is 25.4 Å². The highest BCUT2D eigenvalue weighted by Crippen LogP contribution is 2.26. The van der Waals surface area contributed by atoms with Crippen LogP contribution in [0.15, 0.2) is 22.7 Å². The van der Waals surface area contributed by atoms with Gasteiger partial charge in [-0.25, -0.2) is 0 Å². The van der Waals surface area contributed by atoms with E-state index in [2.05, 4.69) is 21.2 Å². The molecule has 1 amide bonds. The maximum absolute atomic E-state index is 11.8. The van der Waals surface area contributed by atoms with Crippen LogP contribution in [0.4, 0.5) is 5.69 Å². The summed E-state index contributed by atoms with van der Waals surface area (Å²) in [4.78, 5) is 11.8. The second kappa shape index (κ2) is 5.85. The van der Waals surface area contributed by atoms with Crippen LogP contribution in [-0.4, -0.2) is 18.6 Å². The number of anilines is 1. The van der Waals surface area contributed by atoms with Gasteiger partial charge in [0.1, 0.15) is 0 Å². The van der Waals surface area contributed by atoms with Crippen molar-refractivity contribution in [3.8, 4) is 0 Å². The molecule has 3 nitrogen and oxygen atoms in total. The summed E-state index contributed by atoms with van der Waals surface area (Å²) >= 11 is 9.24. The maximum Gasteiger partial charge on any atom is 0.227 e. The Bertz CT molecular complexity index is 419. The van der Waals surface area contributed by atoms with Crippen molar-refractivity contribution in [2.75, 3.05) is 11.9 Å². The minimum atomic E-state index is -0.0418. The lowest BCUT2D eigenvalue weighted by molar-refractivity contribution is -0.118. The Balaban J connectivity index is 1.95. The number of carbonyl (C=O) groups excluding carboxylic acids is 1. The third-order valence-corrected chi connectivity index (χ3v) is 3.57. The Morgan fingerprint density at radius 3 is 3.12 bits per heavy atom. The summed E-state index contributed by atoms with van der Waals surface area (Å²) in [5.74, 6) is -0.0418. The highest BCUT2D eigenvalue weighted by Gasteiger charge is 2.19. The van der Waals surface area contributed by atoms with Crippen LogP contribution >= 0.6 is 27.5 Å². The van der Waals surface area contributed by atoms with Crippen molar-refractivity contribution in [1.29, 1.82) is 0 Å². The summed E-state index contributed by atoms with van der Waals surface area (Å²) < 4.78 is 6.24. The number of rotatable bonds is 3. The number of nitrogens with one attached hydrogen (secondary N) is 1.